The van der Waals surface area contributed by atoms with E-state index in [0.717, 1.165) is 17.9 Å². The van der Waals surface area contributed by atoms with Crippen molar-refractivity contribution in [2.45, 2.75) is 13.0 Å². The predicted molar refractivity (Wildman–Crippen MR) is 73.8 cm³/mol. The summed E-state index contributed by atoms with van der Waals surface area (Å²) in [4.78, 5) is 27.8. The van der Waals surface area contributed by atoms with E-state index in [-0.39, 0.29) is 10.8 Å². The van der Waals surface area contributed by atoms with Gasteiger partial charge in [-0.25, -0.2) is 4.79 Å². The molecule has 1 aromatic heterocycles. The molecule has 2 heterocycles. The van der Waals surface area contributed by atoms with Crippen LogP contribution in [0, 0.1) is 5.92 Å². The first kappa shape index (κ1) is 14.0. The zero-order chi connectivity index (χ0) is 14.2. The summed E-state index contributed by atoms with van der Waals surface area (Å²) in [6.07, 6.45) is 0. The van der Waals surface area contributed by atoms with Gasteiger partial charge in [-0.05, 0) is 32.1 Å². The summed E-state index contributed by atoms with van der Waals surface area (Å²) in [6.45, 7) is 3.56. The van der Waals surface area contributed by atoms with Gasteiger partial charge >= 0.3 is 5.97 Å². The maximum Gasteiger partial charge on any atom is 0.345 e. The molecule has 2 rings (SSSR count). The number of rotatable bonds is 3. The van der Waals surface area contributed by atoms with Crippen LogP contribution in [0.3, 0.4) is 0 Å². The second-order valence-corrected chi connectivity index (χ2v) is 6.27. The van der Waals surface area contributed by atoms with Crippen molar-refractivity contribution in [2.75, 3.05) is 27.2 Å². The fraction of sp³-hybridized carbons (Fsp3) is 0.538. The number of carboxylic acids is 1. The quantitative estimate of drug-likeness (QED) is 0.912. The Hall–Kier alpha value is -1.40. The molecule has 1 aliphatic heterocycles. The molecule has 0 radical (unpaired) electrons. The molecule has 1 aliphatic rings. The molecular formula is C13H18N2O3S. The molecule has 1 amide bonds. The number of likely N-dealkylation sites (N-methyl/N-ethyl adjacent to an activating group) is 1. The van der Waals surface area contributed by atoms with E-state index in [1.165, 1.54) is 6.07 Å². The molecule has 0 saturated carbocycles. The van der Waals surface area contributed by atoms with Crippen molar-refractivity contribution in [3.8, 4) is 0 Å². The number of nitrogens with zero attached hydrogens (tertiary/aromatic N) is 2. The number of hydrogen-bond donors (Lipinski definition) is 1. The lowest BCUT2D eigenvalue weighted by Gasteiger charge is -2.22. The Bertz CT molecular complexity index is 498. The van der Waals surface area contributed by atoms with Crippen molar-refractivity contribution >= 4 is 23.2 Å². The standard InChI is InChI=1S/C13H18N2O3S/c1-8-6-15(7-9(8)14(2)3)12(16)10-4-5-11(19-10)13(17)18/h4-5,8-9H,6-7H2,1-3H3,(H,17,18). The normalized spacial score (nSPS) is 23.1. The summed E-state index contributed by atoms with van der Waals surface area (Å²) in [5, 5.41) is 8.88. The van der Waals surface area contributed by atoms with E-state index in [0.29, 0.717) is 23.4 Å². The minimum Gasteiger partial charge on any atom is -0.477 e. The third-order valence-electron chi connectivity index (χ3n) is 3.55. The van der Waals surface area contributed by atoms with E-state index in [1.807, 2.05) is 19.0 Å². The second-order valence-electron chi connectivity index (χ2n) is 5.19. The number of likely N-dealkylation sites (tertiary alicyclic amines) is 1. The molecule has 1 aromatic rings. The van der Waals surface area contributed by atoms with Crippen LogP contribution in [0.25, 0.3) is 0 Å². The van der Waals surface area contributed by atoms with Crippen LogP contribution in [-0.4, -0.2) is 60.0 Å². The van der Waals surface area contributed by atoms with Gasteiger partial charge in [-0.15, -0.1) is 11.3 Å². The highest BCUT2D eigenvalue weighted by Crippen LogP contribution is 2.24. The van der Waals surface area contributed by atoms with Crippen LogP contribution in [0.5, 0.6) is 0 Å². The summed E-state index contributed by atoms with van der Waals surface area (Å²) in [6, 6.07) is 3.45. The average molecular weight is 282 g/mol. The monoisotopic (exact) mass is 282 g/mol. The molecule has 2 unspecified atom stereocenters. The fourth-order valence-electron chi connectivity index (χ4n) is 2.51. The van der Waals surface area contributed by atoms with E-state index in [1.54, 1.807) is 6.07 Å². The first-order valence-electron chi connectivity index (χ1n) is 6.19. The zero-order valence-electron chi connectivity index (χ0n) is 11.3. The Kier molecular flexibility index (Phi) is 3.91. The molecule has 6 heteroatoms. The maximum absolute atomic E-state index is 12.3. The van der Waals surface area contributed by atoms with Crippen LogP contribution >= 0.6 is 11.3 Å². The number of carbonyl (C=O) groups excluding carboxylic acids is 1. The van der Waals surface area contributed by atoms with Gasteiger partial charge in [0.1, 0.15) is 4.88 Å². The SMILES string of the molecule is CC1CN(C(=O)c2ccc(C(=O)O)s2)CC1N(C)C. The first-order valence-corrected chi connectivity index (χ1v) is 7.00. The molecule has 1 saturated heterocycles. The molecule has 2 atom stereocenters. The third kappa shape index (κ3) is 2.79. The van der Waals surface area contributed by atoms with Gasteiger partial charge in [-0.2, -0.15) is 0 Å². The van der Waals surface area contributed by atoms with Crippen molar-refractivity contribution in [1.82, 2.24) is 9.80 Å². The summed E-state index contributed by atoms with van der Waals surface area (Å²) < 4.78 is 0. The number of aromatic carboxylic acids is 1. The van der Waals surface area contributed by atoms with Crippen LogP contribution in [0.15, 0.2) is 12.1 Å². The number of carbonyl (C=O) groups is 2. The smallest absolute Gasteiger partial charge is 0.345 e. The Morgan fingerprint density at radius 2 is 1.95 bits per heavy atom. The molecule has 0 aromatic carbocycles. The molecule has 5 nitrogen and oxygen atoms in total. The highest BCUT2D eigenvalue weighted by atomic mass is 32.1. The van der Waals surface area contributed by atoms with Crippen molar-refractivity contribution in [1.29, 1.82) is 0 Å². The fourth-order valence-corrected chi connectivity index (χ4v) is 3.32. The second kappa shape index (κ2) is 5.30. The van der Waals surface area contributed by atoms with Gasteiger partial charge in [0, 0.05) is 19.1 Å². The van der Waals surface area contributed by atoms with Gasteiger partial charge in [0.05, 0.1) is 4.88 Å². The Balaban J connectivity index is 2.10. The van der Waals surface area contributed by atoms with Gasteiger partial charge < -0.3 is 14.9 Å². The molecule has 104 valence electrons. The van der Waals surface area contributed by atoms with Gasteiger partial charge in [-0.1, -0.05) is 6.92 Å². The molecular weight excluding hydrogens is 264 g/mol. The summed E-state index contributed by atoms with van der Waals surface area (Å²) >= 11 is 1.04. The summed E-state index contributed by atoms with van der Waals surface area (Å²) in [5.74, 6) is -0.614. The Morgan fingerprint density at radius 3 is 2.42 bits per heavy atom. The first-order chi connectivity index (χ1) is 8.90. The Labute approximate surface area is 116 Å². The lowest BCUT2D eigenvalue weighted by molar-refractivity contribution is 0.0701. The molecule has 1 N–H and O–H groups in total. The van der Waals surface area contributed by atoms with E-state index < -0.39 is 5.97 Å². The van der Waals surface area contributed by atoms with Crippen molar-refractivity contribution in [3.05, 3.63) is 21.9 Å². The van der Waals surface area contributed by atoms with Crippen LogP contribution in [-0.2, 0) is 0 Å². The molecule has 0 aliphatic carbocycles. The lowest BCUT2D eigenvalue weighted by Crippen LogP contribution is -2.35. The minimum absolute atomic E-state index is 0.0614. The van der Waals surface area contributed by atoms with Gasteiger partial charge in [0.15, 0.2) is 0 Å². The minimum atomic E-state index is -0.981. The number of amides is 1. The van der Waals surface area contributed by atoms with Crippen molar-refractivity contribution in [2.24, 2.45) is 5.92 Å². The van der Waals surface area contributed by atoms with Gasteiger partial charge in [-0.3, -0.25) is 4.79 Å². The highest BCUT2D eigenvalue weighted by molar-refractivity contribution is 7.15. The predicted octanol–water partition coefficient (Wildman–Crippen LogP) is 1.47. The van der Waals surface area contributed by atoms with E-state index >= 15 is 0 Å². The summed E-state index contributed by atoms with van der Waals surface area (Å²) in [5.41, 5.74) is 0. The van der Waals surface area contributed by atoms with Crippen LogP contribution in [0.2, 0.25) is 0 Å². The molecule has 0 spiro atoms. The largest absolute Gasteiger partial charge is 0.477 e. The Morgan fingerprint density at radius 1 is 1.32 bits per heavy atom. The van der Waals surface area contributed by atoms with E-state index in [2.05, 4.69) is 11.8 Å². The topological polar surface area (TPSA) is 60.9 Å². The number of thiophene rings is 1. The van der Waals surface area contributed by atoms with Gasteiger partial charge in [0.2, 0.25) is 0 Å². The van der Waals surface area contributed by atoms with Gasteiger partial charge in [0.25, 0.3) is 5.91 Å². The molecule has 0 bridgehead atoms. The highest BCUT2D eigenvalue weighted by Gasteiger charge is 2.34. The average Bonchev–Trinajstić information content (AvgIpc) is 2.94. The zero-order valence-corrected chi connectivity index (χ0v) is 12.1. The lowest BCUT2D eigenvalue weighted by atomic mass is 10.1. The van der Waals surface area contributed by atoms with Crippen molar-refractivity contribution in [3.63, 3.8) is 0 Å². The third-order valence-corrected chi connectivity index (χ3v) is 4.61. The number of carboxylic acid groups (broad SMARTS) is 1. The molecule has 1 fully saturated rings. The van der Waals surface area contributed by atoms with Crippen LogP contribution in [0.4, 0.5) is 0 Å². The number of hydrogen-bond acceptors (Lipinski definition) is 4. The molecule has 19 heavy (non-hydrogen) atoms. The van der Waals surface area contributed by atoms with E-state index in [4.69, 9.17) is 5.11 Å². The maximum atomic E-state index is 12.3. The van der Waals surface area contributed by atoms with Crippen LogP contribution in [0.1, 0.15) is 26.3 Å². The van der Waals surface area contributed by atoms with Crippen LogP contribution < -0.4 is 0 Å². The summed E-state index contributed by atoms with van der Waals surface area (Å²) in [7, 11) is 4.03. The van der Waals surface area contributed by atoms with E-state index in [9.17, 15) is 9.59 Å². The van der Waals surface area contributed by atoms with Crippen molar-refractivity contribution < 1.29 is 14.7 Å².